The van der Waals surface area contributed by atoms with Crippen LogP contribution in [0, 0.1) is 0 Å². The summed E-state index contributed by atoms with van der Waals surface area (Å²) in [6.07, 6.45) is 8.29. The topological polar surface area (TPSA) is 29.5 Å². The van der Waals surface area contributed by atoms with Crippen LogP contribution >= 0.6 is 0 Å². The minimum absolute atomic E-state index is 0.0408. The first kappa shape index (κ1) is 14.6. The van der Waals surface area contributed by atoms with Crippen LogP contribution in [0.1, 0.15) is 33.1 Å². The highest BCUT2D eigenvalue weighted by atomic mass is 16.5. The van der Waals surface area contributed by atoms with Gasteiger partial charge in [0.05, 0.1) is 0 Å². The molecule has 1 rings (SSSR count). The van der Waals surface area contributed by atoms with Crippen molar-refractivity contribution < 1.29 is 9.53 Å². The lowest BCUT2D eigenvalue weighted by Crippen LogP contribution is -2.48. The zero-order chi connectivity index (χ0) is 13.6. The van der Waals surface area contributed by atoms with Gasteiger partial charge in [-0.1, -0.05) is 19.2 Å². The van der Waals surface area contributed by atoms with Crippen molar-refractivity contribution in [3.05, 3.63) is 37.1 Å². The fraction of sp³-hybridized carbons (Fsp3) is 0.533. The fourth-order valence-corrected chi connectivity index (χ4v) is 2.08. The maximum absolute atomic E-state index is 12.4. The van der Waals surface area contributed by atoms with Crippen LogP contribution in [0.4, 0.5) is 0 Å². The van der Waals surface area contributed by atoms with Crippen LogP contribution < -0.4 is 0 Å². The number of carbonyl (C=O) groups is 1. The maximum Gasteiger partial charge on any atom is 0.266 e. The minimum atomic E-state index is -0.861. The normalized spacial score (nSPS) is 17.2. The van der Waals surface area contributed by atoms with Crippen LogP contribution in [0.3, 0.4) is 0 Å². The summed E-state index contributed by atoms with van der Waals surface area (Å²) in [5.74, 6) is 0.611. The lowest BCUT2D eigenvalue weighted by molar-refractivity contribution is -0.150. The van der Waals surface area contributed by atoms with Crippen molar-refractivity contribution in [3.63, 3.8) is 0 Å². The highest BCUT2D eigenvalue weighted by molar-refractivity contribution is 5.84. The summed E-state index contributed by atoms with van der Waals surface area (Å²) >= 11 is 0. The SMILES string of the molecule is C=C/C=C(\C=C)OC(C)(C)C(=O)N1CCCCC1. The second kappa shape index (κ2) is 6.43. The average Bonchev–Trinajstić information content (AvgIpc) is 2.38. The van der Waals surface area contributed by atoms with E-state index in [4.69, 9.17) is 4.74 Å². The Morgan fingerprint density at radius 3 is 2.33 bits per heavy atom. The van der Waals surface area contributed by atoms with Gasteiger partial charge in [-0.05, 0) is 45.3 Å². The average molecular weight is 249 g/mol. The van der Waals surface area contributed by atoms with Gasteiger partial charge in [0.2, 0.25) is 0 Å². The zero-order valence-corrected chi connectivity index (χ0v) is 11.4. The van der Waals surface area contributed by atoms with Gasteiger partial charge in [0.1, 0.15) is 5.76 Å². The molecule has 1 aliphatic heterocycles. The van der Waals surface area contributed by atoms with Gasteiger partial charge in [0.15, 0.2) is 5.60 Å². The molecule has 1 aliphatic rings. The molecule has 0 bridgehead atoms. The predicted molar refractivity (Wildman–Crippen MR) is 74.1 cm³/mol. The van der Waals surface area contributed by atoms with E-state index in [1.807, 2.05) is 4.90 Å². The lowest BCUT2D eigenvalue weighted by atomic mass is 10.0. The zero-order valence-electron chi connectivity index (χ0n) is 11.4. The third-order valence-corrected chi connectivity index (χ3v) is 3.01. The van der Waals surface area contributed by atoms with Crippen LogP contribution in [0.2, 0.25) is 0 Å². The standard InChI is InChI=1S/C15H23NO2/c1-5-10-13(6-2)18-15(3,4)14(17)16-11-8-7-9-12-16/h5-6,10H,1-2,7-9,11-12H2,3-4H3/b13-10+. The van der Waals surface area contributed by atoms with E-state index < -0.39 is 5.60 Å². The number of likely N-dealkylation sites (tertiary alicyclic amines) is 1. The number of amides is 1. The van der Waals surface area contributed by atoms with Gasteiger partial charge < -0.3 is 9.64 Å². The van der Waals surface area contributed by atoms with E-state index in [1.54, 1.807) is 32.1 Å². The quantitative estimate of drug-likeness (QED) is 0.553. The molecule has 0 aliphatic carbocycles. The van der Waals surface area contributed by atoms with E-state index in [2.05, 4.69) is 13.2 Å². The summed E-state index contributed by atoms with van der Waals surface area (Å²) in [5, 5.41) is 0. The molecule has 0 N–H and O–H groups in total. The van der Waals surface area contributed by atoms with Crippen molar-refractivity contribution in [1.29, 1.82) is 0 Å². The molecule has 0 radical (unpaired) electrons. The predicted octanol–water partition coefficient (Wildman–Crippen LogP) is 3.05. The van der Waals surface area contributed by atoms with Gasteiger partial charge >= 0.3 is 0 Å². The third-order valence-electron chi connectivity index (χ3n) is 3.01. The number of allylic oxidation sites excluding steroid dienone is 3. The van der Waals surface area contributed by atoms with E-state index >= 15 is 0 Å². The van der Waals surface area contributed by atoms with Crippen LogP contribution in [0.25, 0.3) is 0 Å². The van der Waals surface area contributed by atoms with Gasteiger partial charge in [0.25, 0.3) is 5.91 Å². The van der Waals surface area contributed by atoms with E-state index in [-0.39, 0.29) is 5.91 Å². The van der Waals surface area contributed by atoms with Gasteiger partial charge in [0, 0.05) is 13.1 Å². The summed E-state index contributed by atoms with van der Waals surface area (Å²) in [4.78, 5) is 14.3. The first-order chi connectivity index (χ1) is 8.51. The molecule has 0 aromatic carbocycles. The summed E-state index contributed by atoms with van der Waals surface area (Å²) < 4.78 is 5.72. The second-order valence-corrected chi connectivity index (χ2v) is 4.97. The monoisotopic (exact) mass is 249 g/mol. The molecule has 100 valence electrons. The molecule has 0 atom stereocenters. The Morgan fingerprint density at radius 2 is 1.83 bits per heavy atom. The highest BCUT2D eigenvalue weighted by Crippen LogP contribution is 2.21. The Morgan fingerprint density at radius 1 is 1.22 bits per heavy atom. The van der Waals surface area contributed by atoms with Crippen LogP contribution in [-0.4, -0.2) is 29.5 Å². The van der Waals surface area contributed by atoms with Crippen molar-refractivity contribution in [2.45, 2.75) is 38.7 Å². The number of carbonyl (C=O) groups excluding carboxylic acids is 1. The summed E-state index contributed by atoms with van der Waals surface area (Å²) in [6, 6.07) is 0. The molecular formula is C15H23NO2. The lowest BCUT2D eigenvalue weighted by Gasteiger charge is -2.34. The molecule has 0 aromatic rings. The number of nitrogens with zero attached hydrogens (tertiary/aromatic N) is 1. The van der Waals surface area contributed by atoms with Crippen molar-refractivity contribution in [2.75, 3.05) is 13.1 Å². The Kier molecular flexibility index (Phi) is 5.20. The molecule has 1 fully saturated rings. The molecule has 0 saturated carbocycles. The summed E-state index contributed by atoms with van der Waals surface area (Å²) in [7, 11) is 0. The smallest absolute Gasteiger partial charge is 0.266 e. The van der Waals surface area contributed by atoms with E-state index in [1.165, 1.54) is 6.42 Å². The molecule has 3 nitrogen and oxygen atoms in total. The summed E-state index contributed by atoms with van der Waals surface area (Å²) in [6.45, 7) is 12.5. The fourth-order valence-electron chi connectivity index (χ4n) is 2.08. The van der Waals surface area contributed by atoms with Crippen LogP contribution in [0.5, 0.6) is 0 Å². The Hall–Kier alpha value is -1.51. The second-order valence-electron chi connectivity index (χ2n) is 4.97. The van der Waals surface area contributed by atoms with Crippen molar-refractivity contribution in [1.82, 2.24) is 4.90 Å². The first-order valence-corrected chi connectivity index (χ1v) is 6.45. The number of piperidine rings is 1. The van der Waals surface area contributed by atoms with Gasteiger partial charge in [-0.3, -0.25) is 4.79 Å². The van der Waals surface area contributed by atoms with E-state index in [0.29, 0.717) is 5.76 Å². The van der Waals surface area contributed by atoms with Crippen molar-refractivity contribution in [3.8, 4) is 0 Å². The minimum Gasteiger partial charge on any atom is -0.478 e. The number of hydrogen-bond acceptors (Lipinski definition) is 2. The van der Waals surface area contributed by atoms with Crippen LogP contribution in [0.15, 0.2) is 37.1 Å². The Balaban J connectivity index is 2.71. The maximum atomic E-state index is 12.4. The molecule has 0 spiro atoms. The Bertz CT molecular complexity index is 350. The van der Waals surface area contributed by atoms with Crippen LogP contribution in [-0.2, 0) is 9.53 Å². The molecule has 3 heteroatoms. The van der Waals surface area contributed by atoms with E-state index in [0.717, 1.165) is 25.9 Å². The molecule has 18 heavy (non-hydrogen) atoms. The third kappa shape index (κ3) is 3.76. The van der Waals surface area contributed by atoms with Crippen molar-refractivity contribution in [2.24, 2.45) is 0 Å². The summed E-state index contributed by atoms with van der Waals surface area (Å²) in [5.41, 5.74) is -0.861. The van der Waals surface area contributed by atoms with Gasteiger partial charge in [-0.15, -0.1) is 0 Å². The molecule has 1 heterocycles. The molecular weight excluding hydrogens is 226 g/mol. The van der Waals surface area contributed by atoms with Crippen molar-refractivity contribution >= 4 is 5.91 Å². The van der Waals surface area contributed by atoms with Gasteiger partial charge in [-0.25, -0.2) is 0 Å². The molecule has 1 saturated heterocycles. The molecule has 0 aromatic heterocycles. The number of hydrogen-bond donors (Lipinski definition) is 0. The van der Waals surface area contributed by atoms with Gasteiger partial charge in [-0.2, -0.15) is 0 Å². The number of rotatable bonds is 5. The molecule has 1 amide bonds. The Labute approximate surface area is 110 Å². The first-order valence-electron chi connectivity index (χ1n) is 6.45. The highest BCUT2D eigenvalue weighted by Gasteiger charge is 2.34. The number of ether oxygens (including phenoxy) is 1. The van der Waals surface area contributed by atoms with E-state index in [9.17, 15) is 4.79 Å². The largest absolute Gasteiger partial charge is 0.478 e. The molecule has 0 unspecified atom stereocenters.